The molecule has 0 N–H and O–H groups in total. The van der Waals surface area contributed by atoms with Gasteiger partial charge < -0.3 is 0 Å². The molecule has 0 aliphatic carbocycles. The molecule has 0 aromatic heterocycles. The number of allylic oxidation sites excluding steroid dienone is 2. The number of hydrogen-bond donors (Lipinski definition) is 0. The summed E-state index contributed by atoms with van der Waals surface area (Å²) in [5, 5.41) is 0. The topological polar surface area (TPSA) is 0 Å². The van der Waals surface area contributed by atoms with Gasteiger partial charge in [-0.05, 0) is 25.7 Å². The Balaban J connectivity index is 3.02. The Kier molecular flexibility index (Phi) is 37.0. The van der Waals surface area contributed by atoms with Crippen molar-refractivity contribution in [3.05, 3.63) is 25.3 Å². The van der Waals surface area contributed by atoms with Crippen LogP contribution in [-0.2, 0) is 0 Å². The lowest BCUT2D eigenvalue weighted by molar-refractivity contribution is 0.511. The second-order valence-corrected chi connectivity index (χ2v) is 12.8. The van der Waals surface area contributed by atoms with Crippen molar-refractivity contribution < 1.29 is 0 Å². The highest BCUT2D eigenvalue weighted by molar-refractivity contribution is 4.66. The second kappa shape index (κ2) is 37.5. The summed E-state index contributed by atoms with van der Waals surface area (Å²) in [5.74, 6) is 0. The lowest BCUT2D eigenvalue weighted by Crippen LogP contribution is -1.85. The van der Waals surface area contributed by atoms with E-state index in [0.29, 0.717) is 0 Å². The van der Waals surface area contributed by atoms with Crippen LogP contribution in [-0.4, -0.2) is 0 Å². The van der Waals surface area contributed by atoms with E-state index in [4.69, 9.17) is 0 Å². The maximum absolute atomic E-state index is 3.80. The molecule has 0 fully saturated rings. The van der Waals surface area contributed by atoms with Crippen molar-refractivity contribution in [2.24, 2.45) is 0 Å². The Hall–Kier alpha value is -0.520. The van der Waals surface area contributed by atoms with Crippen molar-refractivity contribution in [1.82, 2.24) is 0 Å². The molecule has 0 heterocycles. The molecule has 0 bridgehead atoms. The van der Waals surface area contributed by atoms with Gasteiger partial charge in [-0.3, -0.25) is 0 Å². The van der Waals surface area contributed by atoms with Gasteiger partial charge >= 0.3 is 0 Å². The molecule has 39 heavy (non-hydrogen) atoms. The van der Waals surface area contributed by atoms with E-state index in [1.807, 2.05) is 0 Å². The zero-order valence-electron chi connectivity index (χ0n) is 27.3. The summed E-state index contributed by atoms with van der Waals surface area (Å²) in [6, 6.07) is 0. The van der Waals surface area contributed by atoms with Gasteiger partial charge in [0.05, 0.1) is 0 Å². The Morgan fingerprint density at radius 2 is 0.282 bits per heavy atom. The van der Waals surface area contributed by atoms with Gasteiger partial charge in [0.2, 0.25) is 0 Å². The summed E-state index contributed by atoms with van der Waals surface area (Å²) < 4.78 is 0. The van der Waals surface area contributed by atoms with Crippen molar-refractivity contribution in [3.63, 3.8) is 0 Å². The quantitative estimate of drug-likeness (QED) is 0.0543. The molecule has 0 saturated carbocycles. The monoisotopic (exact) mass is 545 g/mol. The average Bonchev–Trinajstić information content (AvgIpc) is 2.95. The predicted octanol–water partition coefficient (Wildman–Crippen LogP) is 15.0. The zero-order valence-corrected chi connectivity index (χ0v) is 27.3. The molecule has 0 aromatic carbocycles. The average molecular weight is 545 g/mol. The van der Waals surface area contributed by atoms with E-state index in [2.05, 4.69) is 25.3 Å². The molecule has 0 heteroatoms. The minimum absolute atomic E-state index is 1.21. The van der Waals surface area contributed by atoms with Crippen molar-refractivity contribution >= 4 is 0 Å². The molecule has 0 spiro atoms. The van der Waals surface area contributed by atoms with E-state index in [-0.39, 0.29) is 0 Å². The zero-order chi connectivity index (χ0) is 28.2. The van der Waals surface area contributed by atoms with Crippen LogP contribution in [0.2, 0.25) is 0 Å². The maximum atomic E-state index is 3.80. The highest BCUT2D eigenvalue weighted by Gasteiger charge is 1.97. The smallest absolute Gasteiger partial charge is 0.0353 e. The van der Waals surface area contributed by atoms with Crippen molar-refractivity contribution in [3.8, 4) is 0 Å². The van der Waals surface area contributed by atoms with Crippen LogP contribution in [0.25, 0.3) is 0 Å². The van der Waals surface area contributed by atoms with Crippen LogP contribution < -0.4 is 0 Å². The highest BCUT2D eigenvalue weighted by Crippen LogP contribution is 2.17. The largest absolute Gasteiger partial charge is 0.103 e. The first-order chi connectivity index (χ1) is 19.4. The van der Waals surface area contributed by atoms with E-state index in [0.717, 1.165) is 0 Å². The first-order valence-corrected chi connectivity index (χ1v) is 18.6. The van der Waals surface area contributed by atoms with Crippen LogP contribution in [0, 0.1) is 0 Å². The molecule has 0 rings (SSSR count). The fraction of sp³-hybridized carbons (Fsp3) is 0.897. The van der Waals surface area contributed by atoms with Gasteiger partial charge in [0, 0.05) is 0 Å². The third-order valence-electron chi connectivity index (χ3n) is 8.82. The molecular weight excluding hydrogens is 468 g/mol. The lowest BCUT2D eigenvalue weighted by atomic mass is 10.0. The third kappa shape index (κ3) is 37.5. The van der Waals surface area contributed by atoms with Gasteiger partial charge in [0.25, 0.3) is 0 Å². The number of hydrogen-bond acceptors (Lipinski definition) is 0. The molecule has 0 saturated heterocycles. The van der Waals surface area contributed by atoms with Crippen molar-refractivity contribution in [2.45, 2.75) is 225 Å². The van der Waals surface area contributed by atoms with Gasteiger partial charge in [-0.15, -0.1) is 13.2 Å². The van der Waals surface area contributed by atoms with Crippen LogP contribution >= 0.6 is 0 Å². The standard InChI is InChI=1S/C39H76/c1-3-5-7-9-11-13-15-17-19-21-23-25-27-29-31-33-35-37-39-38-36-34-32-30-28-26-24-22-20-18-16-14-12-10-8-6-4-2/h3-4H,1-2,5-39H2. The van der Waals surface area contributed by atoms with Gasteiger partial charge in [-0.1, -0.05) is 211 Å². The molecule has 0 radical (unpaired) electrons. The number of rotatable bonds is 36. The molecular formula is C39H76. The SMILES string of the molecule is C=CCCCCCCCCCCCCCCCCCCCCCCCCCCCCCCCCCCCC=C. The van der Waals surface area contributed by atoms with Crippen LogP contribution in [0.1, 0.15) is 225 Å². The predicted molar refractivity (Wildman–Crippen MR) is 182 cm³/mol. The third-order valence-corrected chi connectivity index (χ3v) is 8.82. The van der Waals surface area contributed by atoms with Gasteiger partial charge in [0.1, 0.15) is 0 Å². The Labute approximate surface area is 249 Å². The minimum Gasteiger partial charge on any atom is -0.103 e. The number of unbranched alkanes of at least 4 members (excludes halogenated alkanes) is 34. The Morgan fingerprint density at radius 1 is 0.179 bits per heavy atom. The highest BCUT2D eigenvalue weighted by atomic mass is 14.0. The van der Waals surface area contributed by atoms with Crippen LogP contribution in [0.15, 0.2) is 25.3 Å². The van der Waals surface area contributed by atoms with Gasteiger partial charge in [-0.2, -0.15) is 0 Å². The van der Waals surface area contributed by atoms with E-state index in [1.54, 1.807) is 0 Å². The van der Waals surface area contributed by atoms with Crippen molar-refractivity contribution in [1.29, 1.82) is 0 Å². The maximum Gasteiger partial charge on any atom is -0.0353 e. The Bertz CT molecular complexity index is 395. The Morgan fingerprint density at radius 3 is 0.385 bits per heavy atom. The van der Waals surface area contributed by atoms with Crippen LogP contribution in [0.3, 0.4) is 0 Å². The van der Waals surface area contributed by atoms with E-state index >= 15 is 0 Å². The summed E-state index contributed by atoms with van der Waals surface area (Å²) in [5.41, 5.74) is 0. The van der Waals surface area contributed by atoms with E-state index in [9.17, 15) is 0 Å². The van der Waals surface area contributed by atoms with Crippen molar-refractivity contribution in [2.75, 3.05) is 0 Å². The second-order valence-electron chi connectivity index (χ2n) is 12.8. The van der Waals surface area contributed by atoms with Gasteiger partial charge in [-0.25, -0.2) is 0 Å². The normalized spacial score (nSPS) is 11.3. The summed E-state index contributed by atoms with van der Waals surface area (Å²) in [6.07, 6.45) is 54.9. The van der Waals surface area contributed by atoms with Crippen LogP contribution in [0.4, 0.5) is 0 Å². The molecule has 0 atom stereocenters. The molecule has 0 aliphatic rings. The summed E-state index contributed by atoms with van der Waals surface area (Å²) in [7, 11) is 0. The molecule has 0 nitrogen and oxygen atoms in total. The van der Waals surface area contributed by atoms with Gasteiger partial charge in [0.15, 0.2) is 0 Å². The van der Waals surface area contributed by atoms with Crippen LogP contribution in [0.5, 0.6) is 0 Å². The summed E-state index contributed by atoms with van der Waals surface area (Å²) in [6.45, 7) is 7.61. The lowest BCUT2D eigenvalue weighted by Gasteiger charge is -2.05. The molecule has 0 unspecified atom stereocenters. The van der Waals surface area contributed by atoms with E-state index < -0.39 is 0 Å². The fourth-order valence-corrected chi connectivity index (χ4v) is 6.06. The first-order valence-electron chi connectivity index (χ1n) is 18.6. The fourth-order valence-electron chi connectivity index (χ4n) is 6.06. The van der Waals surface area contributed by atoms with E-state index in [1.165, 1.54) is 225 Å². The molecule has 0 aromatic rings. The summed E-state index contributed by atoms with van der Waals surface area (Å²) >= 11 is 0. The summed E-state index contributed by atoms with van der Waals surface area (Å²) in [4.78, 5) is 0. The molecule has 0 amide bonds. The minimum atomic E-state index is 1.21. The molecule has 232 valence electrons. The molecule has 0 aliphatic heterocycles. The first kappa shape index (κ1) is 38.5.